The summed E-state index contributed by atoms with van der Waals surface area (Å²) >= 11 is 1.75. The fourth-order valence-corrected chi connectivity index (χ4v) is 3.66. The van der Waals surface area contributed by atoms with Crippen LogP contribution in [-0.4, -0.2) is 29.0 Å². The number of thioether (sulfide) groups is 1. The number of aryl methyl sites for hydroxylation is 2. The number of hydrogen-bond donors (Lipinski definition) is 0. The van der Waals surface area contributed by atoms with Crippen LogP contribution in [0.3, 0.4) is 0 Å². The Balaban J connectivity index is 2.03. The van der Waals surface area contributed by atoms with Gasteiger partial charge in [-0.3, -0.25) is 4.79 Å². The van der Waals surface area contributed by atoms with Gasteiger partial charge in [0.1, 0.15) is 0 Å². The highest BCUT2D eigenvalue weighted by Crippen LogP contribution is 2.31. The predicted molar refractivity (Wildman–Crippen MR) is 81.1 cm³/mol. The van der Waals surface area contributed by atoms with E-state index in [1.54, 1.807) is 11.8 Å². The molecule has 0 bridgehead atoms. The van der Waals surface area contributed by atoms with Crippen molar-refractivity contribution in [1.82, 2.24) is 0 Å². The first-order chi connectivity index (χ1) is 8.99. The quantitative estimate of drug-likeness (QED) is 0.784. The number of carbonyl (C=O) groups excluding carboxylic acids is 1. The number of ketones is 1. The Kier molecular flexibility index (Phi) is 4.69. The third-order valence-corrected chi connectivity index (χ3v) is 5.44. The average Bonchev–Trinajstić information content (AvgIpc) is 2.77. The highest BCUT2D eigenvalue weighted by Gasteiger charge is 2.29. The molecule has 1 aromatic rings. The molecule has 0 spiro atoms. The van der Waals surface area contributed by atoms with E-state index in [1.165, 1.54) is 11.1 Å². The second-order valence-corrected chi connectivity index (χ2v) is 6.93. The lowest BCUT2D eigenvalue weighted by Crippen LogP contribution is -2.22. The van der Waals surface area contributed by atoms with Crippen molar-refractivity contribution >= 4 is 17.5 Å². The van der Waals surface area contributed by atoms with Crippen LogP contribution in [0.4, 0.5) is 0 Å². The standard InChI is InChI=1S/C16H22O2S/c1-10-5-6-14(9-11(10)2)16(17)13(4)19-15-7-8-18-12(15)3/h5-6,9,12-13,15H,7-8H2,1-4H3. The zero-order valence-corrected chi connectivity index (χ0v) is 12.9. The summed E-state index contributed by atoms with van der Waals surface area (Å²) in [5, 5.41) is 0.446. The lowest BCUT2D eigenvalue weighted by atomic mass is 10.0. The molecule has 104 valence electrons. The number of hydrogen-bond acceptors (Lipinski definition) is 3. The van der Waals surface area contributed by atoms with E-state index in [4.69, 9.17) is 4.74 Å². The van der Waals surface area contributed by atoms with Gasteiger partial charge in [-0.2, -0.15) is 0 Å². The van der Waals surface area contributed by atoms with Gasteiger partial charge < -0.3 is 4.74 Å². The van der Waals surface area contributed by atoms with Gasteiger partial charge in [0.25, 0.3) is 0 Å². The van der Waals surface area contributed by atoms with E-state index in [2.05, 4.69) is 20.8 Å². The highest BCUT2D eigenvalue weighted by atomic mass is 32.2. The minimum absolute atomic E-state index is 0.00347. The van der Waals surface area contributed by atoms with Crippen LogP contribution in [0.5, 0.6) is 0 Å². The smallest absolute Gasteiger partial charge is 0.175 e. The first-order valence-electron chi connectivity index (χ1n) is 6.87. The first kappa shape index (κ1) is 14.6. The molecule has 0 amide bonds. The van der Waals surface area contributed by atoms with E-state index < -0.39 is 0 Å². The minimum atomic E-state index is -0.00347. The van der Waals surface area contributed by atoms with E-state index in [0.29, 0.717) is 5.25 Å². The number of benzene rings is 1. The molecule has 2 nitrogen and oxygen atoms in total. The van der Waals surface area contributed by atoms with Gasteiger partial charge in [0.2, 0.25) is 0 Å². The zero-order valence-electron chi connectivity index (χ0n) is 12.1. The second-order valence-electron chi connectivity index (χ2n) is 5.34. The molecule has 1 aliphatic rings. The molecule has 0 saturated carbocycles. The molecule has 0 aliphatic carbocycles. The van der Waals surface area contributed by atoms with E-state index in [-0.39, 0.29) is 17.1 Å². The Morgan fingerprint density at radius 3 is 2.68 bits per heavy atom. The van der Waals surface area contributed by atoms with Crippen LogP contribution in [0.2, 0.25) is 0 Å². The molecule has 3 unspecified atom stereocenters. The van der Waals surface area contributed by atoms with Gasteiger partial charge in [-0.15, -0.1) is 11.8 Å². The average molecular weight is 278 g/mol. The van der Waals surface area contributed by atoms with Gasteiger partial charge >= 0.3 is 0 Å². The summed E-state index contributed by atoms with van der Waals surface area (Å²) in [4.78, 5) is 12.4. The number of carbonyl (C=O) groups is 1. The van der Waals surface area contributed by atoms with Gasteiger partial charge in [-0.1, -0.05) is 12.1 Å². The third kappa shape index (κ3) is 3.40. The summed E-state index contributed by atoms with van der Waals surface area (Å²) in [6.45, 7) is 9.05. The van der Waals surface area contributed by atoms with Crippen LogP contribution in [0.25, 0.3) is 0 Å². The maximum absolute atomic E-state index is 12.4. The van der Waals surface area contributed by atoms with Crippen LogP contribution in [0, 0.1) is 13.8 Å². The molecular weight excluding hydrogens is 256 g/mol. The van der Waals surface area contributed by atoms with Crippen LogP contribution < -0.4 is 0 Å². The molecule has 0 N–H and O–H groups in total. The molecule has 3 heteroatoms. The molecule has 3 atom stereocenters. The molecule has 0 aromatic heterocycles. The Bertz CT molecular complexity index is 470. The summed E-state index contributed by atoms with van der Waals surface area (Å²) in [5.41, 5.74) is 3.24. The molecule has 1 aliphatic heterocycles. The molecular formula is C16H22O2S. The normalized spacial score (nSPS) is 24.4. The predicted octanol–water partition coefficient (Wildman–Crippen LogP) is 3.79. The van der Waals surface area contributed by atoms with Crippen LogP contribution in [-0.2, 0) is 4.74 Å². The summed E-state index contributed by atoms with van der Waals surface area (Å²) < 4.78 is 5.55. The summed E-state index contributed by atoms with van der Waals surface area (Å²) in [6, 6.07) is 5.97. The molecule has 19 heavy (non-hydrogen) atoms. The van der Waals surface area contributed by atoms with Crippen molar-refractivity contribution in [2.45, 2.75) is 50.7 Å². The molecule has 0 radical (unpaired) electrons. The van der Waals surface area contributed by atoms with Crippen molar-refractivity contribution in [3.05, 3.63) is 34.9 Å². The van der Waals surface area contributed by atoms with Crippen molar-refractivity contribution in [3.63, 3.8) is 0 Å². The zero-order chi connectivity index (χ0) is 14.0. The monoisotopic (exact) mass is 278 g/mol. The summed E-state index contributed by atoms with van der Waals surface area (Å²) in [7, 11) is 0. The Morgan fingerprint density at radius 1 is 1.37 bits per heavy atom. The molecule has 1 heterocycles. The lowest BCUT2D eigenvalue weighted by molar-refractivity contribution is 0.0993. The summed E-state index contributed by atoms with van der Waals surface area (Å²) in [6.07, 6.45) is 1.32. The maximum Gasteiger partial charge on any atom is 0.175 e. The van der Waals surface area contributed by atoms with Gasteiger partial charge in [0.15, 0.2) is 5.78 Å². The minimum Gasteiger partial charge on any atom is -0.377 e. The number of Topliss-reactive ketones (excluding diaryl/α,β-unsaturated/α-hetero) is 1. The molecule has 1 aromatic carbocycles. The Morgan fingerprint density at radius 2 is 2.11 bits per heavy atom. The topological polar surface area (TPSA) is 26.3 Å². The first-order valence-corrected chi connectivity index (χ1v) is 7.82. The lowest BCUT2D eigenvalue weighted by Gasteiger charge is -2.18. The third-order valence-electron chi connectivity index (χ3n) is 3.85. The van der Waals surface area contributed by atoms with E-state index in [0.717, 1.165) is 18.6 Å². The van der Waals surface area contributed by atoms with E-state index >= 15 is 0 Å². The van der Waals surface area contributed by atoms with Gasteiger partial charge in [0, 0.05) is 17.4 Å². The van der Waals surface area contributed by atoms with Crippen molar-refractivity contribution in [2.24, 2.45) is 0 Å². The highest BCUT2D eigenvalue weighted by molar-refractivity contribution is 8.01. The Hall–Kier alpha value is -0.800. The fourth-order valence-electron chi connectivity index (χ4n) is 2.34. The van der Waals surface area contributed by atoms with Gasteiger partial charge in [-0.25, -0.2) is 0 Å². The van der Waals surface area contributed by atoms with E-state index in [9.17, 15) is 4.79 Å². The van der Waals surface area contributed by atoms with Crippen LogP contribution in [0.15, 0.2) is 18.2 Å². The molecule has 1 fully saturated rings. The largest absolute Gasteiger partial charge is 0.377 e. The SMILES string of the molecule is Cc1ccc(C(=O)C(C)SC2CCOC2C)cc1C. The van der Waals surface area contributed by atoms with E-state index in [1.807, 2.05) is 25.1 Å². The van der Waals surface area contributed by atoms with Crippen molar-refractivity contribution in [1.29, 1.82) is 0 Å². The van der Waals surface area contributed by atoms with Crippen LogP contribution >= 0.6 is 11.8 Å². The second kappa shape index (κ2) is 6.10. The van der Waals surface area contributed by atoms with Gasteiger partial charge in [0.05, 0.1) is 11.4 Å². The maximum atomic E-state index is 12.4. The van der Waals surface area contributed by atoms with Crippen molar-refractivity contribution < 1.29 is 9.53 Å². The van der Waals surface area contributed by atoms with Crippen molar-refractivity contribution in [2.75, 3.05) is 6.61 Å². The number of ether oxygens (including phenoxy) is 1. The van der Waals surface area contributed by atoms with Crippen molar-refractivity contribution in [3.8, 4) is 0 Å². The molecule has 1 saturated heterocycles. The van der Waals surface area contributed by atoms with Crippen LogP contribution in [0.1, 0.15) is 41.8 Å². The number of rotatable bonds is 4. The Labute approximate surface area is 119 Å². The summed E-state index contributed by atoms with van der Waals surface area (Å²) in [5.74, 6) is 0.229. The molecule has 2 rings (SSSR count). The fraction of sp³-hybridized carbons (Fsp3) is 0.562. The van der Waals surface area contributed by atoms with Gasteiger partial charge in [-0.05, 0) is 51.3 Å².